The van der Waals surface area contributed by atoms with Crippen molar-refractivity contribution in [1.82, 2.24) is 9.88 Å². The molecule has 0 atom stereocenters. The van der Waals surface area contributed by atoms with Crippen LogP contribution in [0.1, 0.15) is 6.92 Å². The second-order valence-corrected chi connectivity index (χ2v) is 7.23. The van der Waals surface area contributed by atoms with Crippen LogP contribution in [0.5, 0.6) is 0 Å². The van der Waals surface area contributed by atoms with Crippen LogP contribution in [0.4, 0.5) is 14.5 Å². The van der Waals surface area contributed by atoms with E-state index in [9.17, 15) is 8.78 Å². The van der Waals surface area contributed by atoms with Crippen LogP contribution in [0.15, 0.2) is 41.8 Å². The van der Waals surface area contributed by atoms with Gasteiger partial charge in [-0.3, -0.25) is 0 Å². The smallest absolute Gasteiger partial charge is 0.152 e. The molecule has 6 heteroatoms. The first-order valence-electron chi connectivity index (χ1n) is 9.05. The van der Waals surface area contributed by atoms with E-state index in [0.717, 1.165) is 44.0 Å². The molecule has 3 aromatic rings. The fraction of sp³-hybridized carbons (Fsp3) is 0.286. The number of benzene rings is 2. The van der Waals surface area contributed by atoms with Crippen LogP contribution in [-0.4, -0.2) is 42.6 Å². The average molecular weight is 384 g/mol. The molecule has 2 aromatic carbocycles. The molecule has 0 unspecified atom stereocenters. The number of hydrogen-bond donors (Lipinski definition) is 0. The van der Waals surface area contributed by atoms with Crippen molar-refractivity contribution in [1.29, 1.82) is 0 Å². The quantitative estimate of drug-likeness (QED) is 0.650. The van der Waals surface area contributed by atoms with Gasteiger partial charge in [0.2, 0.25) is 0 Å². The summed E-state index contributed by atoms with van der Waals surface area (Å²) < 4.78 is 29.7. The van der Waals surface area contributed by atoms with Crippen molar-refractivity contribution < 1.29 is 8.78 Å². The molecule has 4 rings (SSSR count). The Hall–Kier alpha value is -2.31. The average Bonchev–Trinajstić information content (AvgIpc) is 3.24. The van der Waals surface area contributed by atoms with Gasteiger partial charge in [0.25, 0.3) is 0 Å². The molecule has 1 aromatic heterocycles. The van der Waals surface area contributed by atoms with Crippen molar-refractivity contribution >= 4 is 17.0 Å². The molecule has 139 valence electrons. The summed E-state index contributed by atoms with van der Waals surface area (Å²) >= 11 is 1.24. The molecule has 0 bridgehead atoms. The van der Waals surface area contributed by atoms with E-state index < -0.39 is 11.6 Å². The zero-order valence-corrected chi connectivity index (χ0v) is 15.9. The van der Waals surface area contributed by atoms with Gasteiger partial charge in [0, 0.05) is 53.9 Å². The van der Waals surface area contributed by atoms with E-state index in [0.29, 0.717) is 5.69 Å². The molecular formula is C21H20F2N3S. The van der Waals surface area contributed by atoms with Gasteiger partial charge in [-0.1, -0.05) is 25.1 Å². The number of thiazole rings is 1. The molecule has 0 aliphatic carbocycles. The molecule has 1 aliphatic heterocycles. The Morgan fingerprint density at radius 1 is 1.00 bits per heavy atom. The van der Waals surface area contributed by atoms with Crippen molar-refractivity contribution in [3.63, 3.8) is 0 Å². The maximum Gasteiger partial charge on any atom is 0.152 e. The second kappa shape index (κ2) is 7.74. The van der Waals surface area contributed by atoms with E-state index >= 15 is 0 Å². The van der Waals surface area contributed by atoms with E-state index in [4.69, 9.17) is 0 Å². The lowest BCUT2D eigenvalue weighted by Gasteiger charge is -2.36. The van der Waals surface area contributed by atoms with Gasteiger partial charge in [0.15, 0.2) is 5.51 Å². The summed E-state index contributed by atoms with van der Waals surface area (Å²) in [5, 5.41) is 1.67. The highest BCUT2D eigenvalue weighted by molar-refractivity contribution is 7.07. The highest BCUT2D eigenvalue weighted by atomic mass is 32.1. The lowest BCUT2D eigenvalue weighted by atomic mass is 9.99. The summed E-state index contributed by atoms with van der Waals surface area (Å²) in [7, 11) is 0. The number of para-hydroxylation sites is 1. The van der Waals surface area contributed by atoms with Crippen LogP contribution in [0.2, 0.25) is 0 Å². The van der Waals surface area contributed by atoms with Crippen LogP contribution in [-0.2, 0) is 0 Å². The van der Waals surface area contributed by atoms with E-state index in [1.165, 1.54) is 23.5 Å². The topological polar surface area (TPSA) is 19.4 Å². The van der Waals surface area contributed by atoms with Gasteiger partial charge in [-0.05, 0) is 24.7 Å². The van der Waals surface area contributed by atoms with Gasteiger partial charge < -0.3 is 9.80 Å². The monoisotopic (exact) mass is 384 g/mol. The third-order valence-electron chi connectivity index (χ3n) is 5.08. The molecule has 3 nitrogen and oxygen atoms in total. The minimum Gasteiger partial charge on any atom is -0.368 e. The zero-order chi connectivity index (χ0) is 18.8. The summed E-state index contributed by atoms with van der Waals surface area (Å²) in [6, 6.07) is 10.2. The molecule has 1 saturated heterocycles. The first-order valence-corrected chi connectivity index (χ1v) is 9.93. The molecule has 0 amide bonds. The van der Waals surface area contributed by atoms with Crippen molar-refractivity contribution in [3.8, 4) is 22.4 Å². The molecule has 1 fully saturated rings. The SMILES string of the molecule is CCN1CCN(c2ccccc2-c2cc(F)c(-c3cs[c]n3)cc2F)CC1. The molecule has 0 spiro atoms. The molecular weight excluding hydrogens is 364 g/mol. The number of anilines is 1. The Balaban J connectivity index is 1.71. The number of halogens is 2. The van der Waals surface area contributed by atoms with Crippen LogP contribution in [0.25, 0.3) is 22.4 Å². The Kier molecular flexibility index (Phi) is 5.18. The standard InChI is InChI=1S/C21H20F2N3S/c1-2-25-7-9-26(10-8-25)21-6-4-3-5-15(21)16-11-19(23)17(12-18(16)22)20-13-27-14-24-20/h3-6,11-13H,2,7-10H2,1H3. The minimum atomic E-state index is -0.476. The molecule has 0 N–H and O–H groups in total. The number of nitrogens with zero attached hydrogens (tertiary/aromatic N) is 3. The van der Waals surface area contributed by atoms with Gasteiger partial charge in [-0.25, -0.2) is 13.8 Å². The highest BCUT2D eigenvalue weighted by Gasteiger charge is 2.21. The predicted molar refractivity (Wildman–Crippen MR) is 106 cm³/mol. The molecule has 1 radical (unpaired) electrons. The summed E-state index contributed by atoms with van der Waals surface area (Å²) in [5.74, 6) is -0.921. The van der Waals surface area contributed by atoms with Crippen LogP contribution in [0.3, 0.4) is 0 Å². The Morgan fingerprint density at radius 3 is 2.41 bits per heavy atom. The van der Waals surface area contributed by atoms with Gasteiger partial charge in [0.1, 0.15) is 11.6 Å². The lowest BCUT2D eigenvalue weighted by molar-refractivity contribution is 0.271. The lowest BCUT2D eigenvalue weighted by Crippen LogP contribution is -2.46. The number of rotatable bonds is 4. The van der Waals surface area contributed by atoms with E-state index in [2.05, 4.69) is 27.2 Å². The van der Waals surface area contributed by atoms with Crippen LogP contribution >= 0.6 is 11.3 Å². The maximum absolute atomic E-state index is 14.9. The number of likely N-dealkylation sites (N-methyl/N-ethyl adjacent to an activating group) is 1. The first kappa shape index (κ1) is 18.1. The minimum absolute atomic E-state index is 0.169. The Morgan fingerprint density at radius 2 is 1.70 bits per heavy atom. The Bertz CT molecular complexity index is 919. The fourth-order valence-electron chi connectivity index (χ4n) is 3.54. The van der Waals surface area contributed by atoms with E-state index in [1.807, 2.05) is 24.3 Å². The van der Waals surface area contributed by atoms with E-state index in [-0.39, 0.29) is 11.1 Å². The second-order valence-electron chi connectivity index (χ2n) is 6.57. The first-order chi connectivity index (χ1) is 13.2. The third kappa shape index (κ3) is 3.59. The number of aromatic nitrogens is 1. The summed E-state index contributed by atoms with van der Waals surface area (Å²) in [5.41, 5.74) is 5.20. The summed E-state index contributed by atoms with van der Waals surface area (Å²) in [4.78, 5) is 8.61. The van der Waals surface area contributed by atoms with Crippen LogP contribution in [0, 0.1) is 17.1 Å². The van der Waals surface area contributed by atoms with Crippen molar-refractivity contribution in [2.24, 2.45) is 0 Å². The van der Waals surface area contributed by atoms with Crippen molar-refractivity contribution in [2.45, 2.75) is 6.92 Å². The molecule has 0 saturated carbocycles. The third-order valence-corrected chi connectivity index (χ3v) is 5.61. The summed E-state index contributed by atoms with van der Waals surface area (Å²) in [6.45, 7) is 6.89. The largest absolute Gasteiger partial charge is 0.368 e. The Labute approximate surface area is 161 Å². The molecule has 2 heterocycles. The molecule has 27 heavy (non-hydrogen) atoms. The van der Waals surface area contributed by atoms with Gasteiger partial charge in [0.05, 0.1) is 5.69 Å². The molecule has 1 aliphatic rings. The number of piperazine rings is 1. The van der Waals surface area contributed by atoms with Gasteiger partial charge in [-0.15, -0.1) is 11.3 Å². The van der Waals surface area contributed by atoms with Gasteiger partial charge in [-0.2, -0.15) is 0 Å². The summed E-state index contributed by atoms with van der Waals surface area (Å²) in [6.07, 6.45) is 0. The normalized spacial score (nSPS) is 15.3. The van der Waals surface area contributed by atoms with Gasteiger partial charge >= 0.3 is 0 Å². The van der Waals surface area contributed by atoms with E-state index in [1.54, 1.807) is 5.38 Å². The van der Waals surface area contributed by atoms with Crippen LogP contribution < -0.4 is 4.90 Å². The highest BCUT2D eigenvalue weighted by Crippen LogP contribution is 2.36. The number of hydrogen-bond acceptors (Lipinski definition) is 4. The fourth-order valence-corrected chi connectivity index (χ4v) is 4.03. The maximum atomic E-state index is 14.9. The zero-order valence-electron chi connectivity index (χ0n) is 15.1. The predicted octanol–water partition coefficient (Wildman–Crippen LogP) is 4.70. The van der Waals surface area contributed by atoms with Crippen molar-refractivity contribution in [3.05, 3.63) is 58.9 Å². The van der Waals surface area contributed by atoms with Crippen molar-refractivity contribution in [2.75, 3.05) is 37.6 Å².